The zero-order chi connectivity index (χ0) is 36.5. The summed E-state index contributed by atoms with van der Waals surface area (Å²) in [5, 5.41) is 0. The Morgan fingerprint density at radius 2 is 1.16 bits per heavy atom. The minimum Gasteiger partial charge on any atom is -0.756 e. The van der Waals surface area contributed by atoms with Gasteiger partial charge in [0.15, 0.2) is 6.10 Å². The average Bonchev–Trinajstić information content (AvgIpc) is 3.04. The zero-order valence-corrected chi connectivity index (χ0v) is 32.5. The lowest BCUT2D eigenvalue weighted by atomic mass is 10.1. The molecule has 0 saturated heterocycles. The number of nitrogens with zero attached hydrogens (tertiary/aromatic N) is 1. The Morgan fingerprint density at radius 3 is 1.73 bits per heavy atom. The van der Waals surface area contributed by atoms with Crippen LogP contribution in [0, 0.1) is 0 Å². The molecule has 0 aromatic heterocycles. The van der Waals surface area contributed by atoms with E-state index in [2.05, 4.69) is 62.5 Å². The number of hydrogen-bond donors (Lipinski definition) is 0. The summed E-state index contributed by atoms with van der Waals surface area (Å²) in [4.78, 5) is 37.1. The van der Waals surface area contributed by atoms with Crippen molar-refractivity contribution in [3.8, 4) is 0 Å². The number of ether oxygens (including phenoxy) is 2. The number of phosphoric acid groups is 1. The number of hydrogen-bond acceptors (Lipinski definition) is 8. The molecule has 0 N–H and O–H groups in total. The molecule has 0 fully saturated rings. The number of carbonyl (C=O) groups is 2. The highest BCUT2D eigenvalue weighted by molar-refractivity contribution is 7.45. The Balaban J connectivity index is 4.35. The van der Waals surface area contributed by atoms with E-state index in [1.165, 1.54) is 6.42 Å². The molecule has 0 radical (unpaired) electrons. The van der Waals surface area contributed by atoms with Gasteiger partial charge in [-0.2, -0.15) is 0 Å². The van der Waals surface area contributed by atoms with Gasteiger partial charge in [-0.25, -0.2) is 0 Å². The van der Waals surface area contributed by atoms with Gasteiger partial charge in [0.25, 0.3) is 7.82 Å². The van der Waals surface area contributed by atoms with Crippen molar-refractivity contribution in [1.82, 2.24) is 0 Å². The van der Waals surface area contributed by atoms with E-state index in [1.54, 1.807) is 0 Å². The Morgan fingerprint density at radius 1 is 0.653 bits per heavy atom. The van der Waals surface area contributed by atoms with E-state index in [-0.39, 0.29) is 26.1 Å². The lowest BCUT2D eigenvalue weighted by Crippen LogP contribution is -2.37. The Kier molecular flexibility index (Phi) is 30.6. The van der Waals surface area contributed by atoms with Gasteiger partial charge in [-0.3, -0.25) is 14.2 Å². The third kappa shape index (κ3) is 35.6. The molecule has 0 aliphatic rings. The number of likely N-dealkylation sites (N-methyl/N-ethyl adjacent to an activating group) is 1. The van der Waals surface area contributed by atoms with Crippen LogP contribution in [-0.2, 0) is 32.7 Å². The molecular formula is C39H70NO8P. The van der Waals surface area contributed by atoms with Crippen molar-refractivity contribution in [2.24, 2.45) is 0 Å². The van der Waals surface area contributed by atoms with Gasteiger partial charge in [0, 0.05) is 12.8 Å². The minimum absolute atomic E-state index is 0.0353. The smallest absolute Gasteiger partial charge is 0.306 e. The second-order valence-corrected chi connectivity index (χ2v) is 15.0. The molecule has 0 aromatic rings. The number of carbonyl (C=O) groups excluding carboxylic acids is 2. The van der Waals surface area contributed by atoms with Crippen molar-refractivity contribution >= 4 is 19.8 Å². The van der Waals surface area contributed by atoms with E-state index < -0.39 is 32.5 Å². The van der Waals surface area contributed by atoms with Crippen molar-refractivity contribution in [3.05, 3.63) is 48.6 Å². The van der Waals surface area contributed by atoms with Crippen LogP contribution in [0.2, 0.25) is 0 Å². The van der Waals surface area contributed by atoms with Crippen LogP contribution in [0.15, 0.2) is 48.6 Å². The van der Waals surface area contributed by atoms with E-state index in [1.807, 2.05) is 21.1 Å². The molecular weight excluding hydrogens is 641 g/mol. The number of phosphoric ester groups is 1. The number of rotatable bonds is 33. The molecule has 0 rings (SSSR count). The summed E-state index contributed by atoms with van der Waals surface area (Å²) in [6, 6.07) is 0. The summed E-state index contributed by atoms with van der Waals surface area (Å²) in [5.74, 6) is -0.866. The molecule has 0 aromatic carbocycles. The quantitative estimate of drug-likeness (QED) is 0.0218. The molecule has 49 heavy (non-hydrogen) atoms. The SMILES string of the molecule is CC/C=C\C/C=C\C/C=C\C/C=C\CCCCCCCCC(=O)OC(COC(=O)CCCCCCCC)COP(=O)([O-])OCC[N+](C)(C)C. The monoisotopic (exact) mass is 711 g/mol. The minimum atomic E-state index is -4.61. The number of esters is 2. The summed E-state index contributed by atoms with van der Waals surface area (Å²) in [6.07, 6.45) is 34.5. The normalized spacial score (nSPS) is 14.3. The predicted molar refractivity (Wildman–Crippen MR) is 199 cm³/mol. The highest BCUT2D eigenvalue weighted by atomic mass is 31.2. The lowest BCUT2D eigenvalue weighted by Gasteiger charge is -2.28. The van der Waals surface area contributed by atoms with Crippen LogP contribution < -0.4 is 4.89 Å². The van der Waals surface area contributed by atoms with Crippen LogP contribution in [0.25, 0.3) is 0 Å². The van der Waals surface area contributed by atoms with Gasteiger partial charge in [-0.15, -0.1) is 0 Å². The molecule has 0 amide bonds. The Bertz CT molecular complexity index is 986. The molecule has 0 aliphatic carbocycles. The van der Waals surface area contributed by atoms with Crippen LogP contribution in [-0.4, -0.2) is 70.0 Å². The number of quaternary nitrogens is 1. The summed E-state index contributed by atoms with van der Waals surface area (Å²) in [7, 11) is 1.14. The molecule has 0 aliphatic heterocycles. The van der Waals surface area contributed by atoms with Gasteiger partial charge < -0.3 is 27.9 Å². The van der Waals surface area contributed by atoms with Gasteiger partial charge in [-0.1, -0.05) is 120 Å². The van der Waals surface area contributed by atoms with Crippen LogP contribution in [0.4, 0.5) is 0 Å². The molecule has 2 atom stereocenters. The summed E-state index contributed by atoms with van der Waals surface area (Å²) in [5.41, 5.74) is 0. The van der Waals surface area contributed by atoms with Crippen LogP contribution in [0.3, 0.4) is 0 Å². The third-order valence-corrected chi connectivity index (χ3v) is 8.58. The van der Waals surface area contributed by atoms with Crippen molar-refractivity contribution in [3.63, 3.8) is 0 Å². The first-order valence-electron chi connectivity index (χ1n) is 18.8. The molecule has 0 bridgehead atoms. The third-order valence-electron chi connectivity index (χ3n) is 7.61. The van der Waals surface area contributed by atoms with Gasteiger partial charge >= 0.3 is 11.9 Å². The molecule has 284 valence electrons. The standard InChI is InChI=1S/C39H70NO8P/c1-6-8-10-12-14-15-16-17-18-19-20-21-22-23-24-25-26-28-30-32-39(42)48-37(35-45-38(41)31-29-27-13-11-9-7-2)36-47-49(43,44)46-34-33-40(3,4)5/h8,10,14-15,17-18,20-21,37H,6-7,9,11-13,16,19,22-36H2,1-5H3/b10-8-,15-14-,18-17-,21-20-. The van der Waals surface area contributed by atoms with E-state index >= 15 is 0 Å². The second kappa shape index (κ2) is 31.9. The van der Waals surface area contributed by atoms with Crippen molar-refractivity contribution in [1.29, 1.82) is 0 Å². The summed E-state index contributed by atoms with van der Waals surface area (Å²) in [6.45, 7) is 4.00. The van der Waals surface area contributed by atoms with E-state index in [0.717, 1.165) is 96.3 Å². The molecule has 9 nitrogen and oxygen atoms in total. The Hall–Kier alpha value is -2.03. The van der Waals surface area contributed by atoms with E-state index in [4.69, 9.17) is 18.5 Å². The Labute approximate surface area is 299 Å². The van der Waals surface area contributed by atoms with Crippen LogP contribution in [0.5, 0.6) is 0 Å². The summed E-state index contributed by atoms with van der Waals surface area (Å²) >= 11 is 0. The number of unbranched alkanes of at least 4 members (excludes halogenated alkanes) is 11. The highest BCUT2D eigenvalue weighted by Gasteiger charge is 2.21. The first kappa shape index (κ1) is 47.0. The van der Waals surface area contributed by atoms with E-state index in [9.17, 15) is 19.0 Å². The lowest BCUT2D eigenvalue weighted by molar-refractivity contribution is -0.870. The maximum Gasteiger partial charge on any atom is 0.306 e. The van der Waals surface area contributed by atoms with Gasteiger partial charge in [0.05, 0.1) is 27.7 Å². The van der Waals surface area contributed by atoms with Crippen molar-refractivity contribution in [2.45, 2.75) is 142 Å². The molecule has 0 spiro atoms. The first-order chi connectivity index (χ1) is 23.5. The maximum atomic E-state index is 12.6. The largest absolute Gasteiger partial charge is 0.756 e. The fraction of sp³-hybridized carbons (Fsp3) is 0.744. The fourth-order valence-electron chi connectivity index (χ4n) is 4.64. The molecule has 10 heteroatoms. The zero-order valence-electron chi connectivity index (χ0n) is 31.6. The summed E-state index contributed by atoms with van der Waals surface area (Å²) < 4.78 is 33.6. The number of allylic oxidation sites excluding steroid dienone is 8. The predicted octanol–water partition coefficient (Wildman–Crippen LogP) is 9.33. The second-order valence-electron chi connectivity index (χ2n) is 13.6. The van der Waals surface area contributed by atoms with Gasteiger partial charge in [0.2, 0.25) is 0 Å². The van der Waals surface area contributed by atoms with Crippen molar-refractivity contribution < 1.29 is 42.1 Å². The molecule has 0 saturated carbocycles. The van der Waals surface area contributed by atoms with Crippen LogP contribution in [0.1, 0.15) is 136 Å². The first-order valence-corrected chi connectivity index (χ1v) is 20.3. The average molecular weight is 712 g/mol. The maximum absolute atomic E-state index is 12.6. The topological polar surface area (TPSA) is 111 Å². The van der Waals surface area contributed by atoms with E-state index in [0.29, 0.717) is 17.4 Å². The molecule has 0 heterocycles. The van der Waals surface area contributed by atoms with Crippen molar-refractivity contribution in [2.75, 3.05) is 47.5 Å². The highest BCUT2D eigenvalue weighted by Crippen LogP contribution is 2.38. The van der Waals surface area contributed by atoms with Crippen LogP contribution >= 0.6 is 7.82 Å². The van der Waals surface area contributed by atoms with Gasteiger partial charge in [-0.05, 0) is 51.4 Å². The fourth-order valence-corrected chi connectivity index (χ4v) is 5.37. The molecule has 2 unspecified atom stereocenters. The van der Waals surface area contributed by atoms with Gasteiger partial charge in [0.1, 0.15) is 19.8 Å².